The lowest BCUT2D eigenvalue weighted by atomic mass is 10.1. The smallest absolute Gasteiger partial charge is 0.417 e. The van der Waals surface area contributed by atoms with Crippen molar-refractivity contribution in [3.63, 3.8) is 0 Å². The second-order valence-corrected chi connectivity index (χ2v) is 6.19. The SMILES string of the molecule is O=C(/C=C/c1ccc(C(F)(F)F)cc1Cl)N1C(=O)OC[C@H]1c1ccccc1. The van der Waals surface area contributed by atoms with Crippen molar-refractivity contribution in [1.82, 2.24) is 4.90 Å². The topological polar surface area (TPSA) is 46.6 Å². The standard InChI is InChI=1S/C19H13ClF3NO3/c20-15-10-14(19(21,22)23)8-6-12(15)7-9-17(25)24-16(11-27-18(24)26)13-4-2-1-3-5-13/h1-10,16H,11H2/b9-7+/t16-/m0/s1. The number of halogens is 4. The van der Waals surface area contributed by atoms with Crippen molar-refractivity contribution >= 4 is 29.7 Å². The Labute approximate surface area is 157 Å². The highest BCUT2D eigenvalue weighted by Crippen LogP contribution is 2.33. The van der Waals surface area contributed by atoms with Crippen LogP contribution in [-0.4, -0.2) is 23.5 Å². The summed E-state index contributed by atoms with van der Waals surface area (Å²) in [5.74, 6) is -0.651. The van der Waals surface area contributed by atoms with Crippen molar-refractivity contribution < 1.29 is 27.5 Å². The Morgan fingerprint density at radius 1 is 1.19 bits per heavy atom. The van der Waals surface area contributed by atoms with E-state index in [2.05, 4.69) is 0 Å². The van der Waals surface area contributed by atoms with Gasteiger partial charge in [0.2, 0.25) is 0 Å². The molecule has 1 fully saturated rings. The van der Waals surface area contributed by atoms with Crippen LogP contribution in [0, 0.1) is 0 Å². The van der Waals surface area contributed by atoms with Gasteiger partial charge in [0, 0.05) is 11.1 Å². The molecule has 0 unspecified atom stereocenters. The van der Waals surface area contributed by atoms with E-state index in [9.17, 15) is 22.8 Å². The molecule has 0 spiro atoms. The van der Waals surface area contributed by atoms with Crippen LogP contribution in [0.4, 0.5) is 18.0 Å². The first-order valence-electron chi connectivity index (χ1n) is 7.87. The molecule has 27 heavy (non-hydrogen) atoms. The van der Waals surface area contributed by atoms with Crippen molar-refractivity contribution in [3.8, 4) is 0 Å². The zero-order valence-electron chi connectivity index (χ0n) is 13.7. The molecular weight excluding hydrogens is 383 g/mol. The van der Waals surface area contributed by atoms with E-state index in [0.29, 0.717) is 0 Å². The van der Waals surface area contributed by atoms with Gasteiger partial charge >= 0.3 is 12.3 Å². The number of rotatable bonds is 3. The maximum Gasteiger partial charge on any atom is 0.417 e. The summed E-state index contributed by atoms with van der Waals surface area (Å²) in [4.78, 5) is 25.4. The minimum atomic E-state index is -4.51. The average Bonchev–Trinajstić information content (AvgIpc) is 3.02. The van der Waals surface area contributed by atoms with Crippen LogP contribution in [0.3, 0.4) is 0 Å². The molecule has 3 rings (SSSR count). The quantitative estimate of drug-likeness (QED) is 0.680. The van der Waals surface area contributed by atoms with Gasteiger partial charge in [0.05, 0.1) is 5.56 Å². The van der Waals surface area contributed by atoms with E-state index in [0.717, 1.165) is 34.7 Å². The number of amides is 2. The molecule has 0 N–H and O–H groups in total. The van der Waals surface area contributed by atoms with Crippen LogP contribution in [0.1, 0.15) is 22.7 Å². The van der Waals surface area contributed by atoms with Gasteiger partial charge in [-0.1, -0.05) is 48.0 Å². The summed E-state index contributed by atoms with van der Waals surface area (Å²) in [7, 11) is 0. The summed E-state index contributed by atoms with van der Waals surface area (Å²) in [5.41, 5.74) is 0.0720. The van der Waals surface area contributed by atoms with Gasteiger partial charge in [-0.15, -0.1) is 0 Å². The molecule has 0 aromatic heterocycles. The van der Waals surface area contributed by atoms with Gasteiger partial charge in [-0.25, -0.2) is 9.69 Å². The predicted octanol–water partition coefficient (Wildman–Crippen LogP) is 5.09. The largest absolute Gasteiger partial charge is 0.446 e. The van der Waals surface area contributed by atoms with E-state index < -0.39 is 29.8 Å². The van der Waals surface area contributed by atoms with E-state index in [1.165, 1.54) is 6.08 Å². The number of cyclic esters (lactones) is 1. The molecule has 1 aliphatic heterocycles. The summed E-state index contributed by atoms with van der Waals surface area (Å²) in [6, 6.07) is 11.1. The molecule has 8 heteroatoms. The van der Waals surface area contributed by atoms with Crippen LogP contribution in [0.15, 0.2) is 54.6 Å². The first-order valence-corrected chi connectivity index (χ1v) is 8.25. The Balaban J connectivity index is 1.81. The lowest BCUT2D eigenvalue weighted by molar-refractivity contribution is -0.137. The summed E-state index contributed by atoms with van der Waals surface area (Å²) < 4.78 is 43.0. The number of imide groups is 1. The van der Waals surface area contributed by atoms with Gasteiger partial charge in [0.1, 0.15) is 12.6 Å². The molecule has 1 atom stereocenters. The van der Waals surface area contributed by atoms with Gasteiger partial charge in [0.15, 0.2) is 0 Å². The minimum Gasteiger partial charge on any atom is -0.446 e. The number of carbonyl (C=O) groups is 2. The van der Waals surface area contributed by atoms with E-state index in [1.807, 2.05) is 0 Å². The molecule has 2 aromatic rings. The normalized spacial score (nSPS) is 17.4. The van der Waals surface area contributed by atoms with Gasteiger partial charge in [0.25, 0.3) is 5.91 Å². The maximum absolute atomic E-state index is 12.7. The number of hydrogen-bond donors (Lipinski definition) is 0. The second-order valence-electron chi connectivity index (χ2n) is 5.78. The third-order valence-electron chi connectivity index (χ3n) is 4.03. The Morgan fingerprint density at radius 2 is 1.89 bits per heavy atom. The van der Waals surface area contributed by atoms with Crippen molar-refractivity contribution in [2.24, 2.45) is 0 Å². The highest BCUT2D eigenvalue weighted by atomic mass is 35.5. The summed E-state index contributed by atoms with van der Waals surface area (Å²) in [6.07, 6.45) is -2.95. The average molecular weight is 396 g/mol. The van der Waals surface area contributed by atoms with E-state index in [-0.39, 0.29) is 17.2 Å². The fraction of sp³-hybridized carbons (Fsp3) is 0.158. The number of ether oxygens (including phenoxy) is 1. The number of carbonyl (C=O) groups excluding carboxylic acids is 2. The van der Waals surface area contributed by atoms with Gasteiger partial charge < -0.3 is 4.74 Å². The molecule has 2 amide bonds. The molecule has 0 aliphatic carbocycles. The third kappa shape index (κ3) is 4.14. The second kappa shape index (κ2) is 7.44. The molecule has 1 heterocycles. The van der Waals surface area contributed by atoms with Crippen LogP contribution < -0.4 is 0 Å². The summed E-state index contributed by atoms with van der Waals surface area (Å²) in [6.45, 7) is 0.0312. The summed E-state index contributed by atoms with van der Waals surface area (Å²) >= 11 is 5.86. The number of nitrogens with zero attached hydrogens (tertiary/aromatic N) is 1. The zero-order valence-corrected chi connectivity index (χ0v) is 14.5. The fourth-order valence-corrected chi connectivity index (χ4v) is 2.91. The van der Waals surface area contributed by atoms with Gasteiger partial charge in [-0.05, 0) is 29.3 Å². The first-order chi connectivity index (χ1) is 12.8. The Kier molecular flexibility index (Phi) is 5.23. The minimum absolute atomic E-state index is 0.0312. The fourth-order valence-electron chi connectivity index (χ4n) is 2.67. The zero-order chi connectivity index (χ0) is 19.6. The molecule has 0 saturated carbocycles. The number of benzene rings is 2. The maximum atomic E-state index is 12.7. The van der Waals surface area contributed by atoms with Crippen LogP contribution in [0.5, 0.6) is 0 Å². The highest BCUT2D eigenvalue weighted by molar-refractivity contribution is 6.32. The summed E-state index contributed by atoms with van der Waals surface area (Å²) in [5, 5.41) is -0.155. The van der Waals surface area contributed by atoms with E-state index in [4.69, 9.17) is 16.3 Å². The molecule has 1 aliphatic rings. The molecule has 0 radical (unpaired) electrons. The lowest BCUT2D eigenvalue weighted by Gasteiger charge is -2.18. The number of alkyl halides is 3. The van der Waals surface area contributed by atoms with Gasteiger partial charge in [-0.2, -0.15) is 13.2 Å². The van der Waals surface area contributed by atoms with Crippen molar-refractivity contribution in [2.75, 3.05) is 6.61 Å². The monoisotopic (exact) mass is 395 g/mol. The number of hydrogen-bond acceptors (Lipinski definition) is 3. The molecule has 1 saturated heterocycles. The van der Waals surface area contributed by atoms with Gasteiger partial charge in [-0.3, -0.25) is 4.79 Å². The first kappa shape index (κ1) is 19.0. The molecule has 0 bridgehead atoms. The molecular formula is C19H13ClF3NO3. The molecule has 4 nitrogen and oxygen atoms in total. The van der Waals surface area contributed by atoms with E-state index >= 15 is 0 Å². The highest BCUT2D eigenvalue weighted by Gasteiger charge is 2.37. The van der Waals surface area contributed by atoms with Crippen molar-refractivity contribution in [2.45, 2.75) is 12.2 Å². The predicted molar refractivity (Wildman–Crippen MR) is 92.9 cm³/mol. The van der Waals surface area contributed by atoms with Crippen LogP contribution in [0.25, 0.3) is 6.08 Å². The van der Waals surface area contributed by atoms with Crippen molar-refractivity contribution in [3.05, 3.63) is 76.3 Å². The Hall–Kier alpha value is -2.80. The van der Waals surface area contributed by atoms with Crippen LogP contribution >= 0.6 is 11.6 Å². The van der Waals surface area contributed by atoms with E-state index in [1.54, 1.807) is 30.3 Å². The molecule has 140 valence electrons. The Morgan fingerprint density at radius 3 is 2.52 bits per heavy atom. The Bertz CT molecular complexity index is 897. The van der Waals surface area contributed by atoms with Crippen LogP contribution in [0.2, 0.25) is 5.02 Å². The lowest BCUT2D eigenvalue weighted by Crippen LogP contribution is -2.32. The third-order valence-corrected chi connectivity index (χ3v) is 4.36. The van der Waals surface area contributed by atoms with Crippen molar-refractivity contribution in [1.29, 1.82) is 0 Å². The van der Waals surface area contributed by atoms with Crippen LogP contribution in [-0.2, 0) is 15.7 Å². The molecule has 2 aromatic carbocycles.